The first-order valence-corrected chi connectivity index (χ1v) is 6.04. The van der Waals surface area contributed by atoms with Gasteiger partial charge in [-0.05, 0) is 24.5 Å². The minimum Gasteiger partial charge on any atom is -0.261 e. The molecular formula is C14H27N. The summed E-state index contributed by atoms with van der Waals surface area (Å²) < 4.78 is 0. The molecule has 1 heteroatoms. The summed E-state index contributed by atoms with van der Waals surface area (Å²) in [6.45, 7) is 14.6. The van der Waals surface area contributed by atoms with E-state index in [9.17, 15) is 0 Å². The van der Waals surface area contributed by atoms with E-state index < -0.39 is 0 Å². The minimum atomic E-state index is 0.591. The molecule has 0 amide bonds. The Balaban J connectivity index is 0. The topological polar surface area (TPSA) is 12.9 Å². The lowest BCUT2D eigenvalue weighted by Crippen LogP contribution is -1.88. The van der Waals surface area contributed by atoms with Crippen molar-refractivity contribution in [3.8, 4) is 0 Å². The van der Waals surface area contributed by atoms with Gasteiger partial charge in [0.25, 0.3) is 0 Å². The van der Waals surface area contributed by atoms with E-state index in [4.69, 9.17) is 0 Å². The van der Waals surface area contributed by atoms with E-state index in [0.717, 1.165) is 5.69 Å². The van der Waals surface area contributed by atoms with Crippen LogP contribution < -0.4 is 0 Å². The zero-order valence-electron chi connectivity index (χ0n) is 11.5. The zero-order valence-corrected chi connectivity index (χ0v) is 11.5. The minimum absolute atomic E-state index is 0.591. The molecule has 0 saturated heterocycles. The molecule has 0 unspecified atom stereocenters. The number of rotatable bonds is 1. The molecule has 1 heterocycles. The van der Waals surface area contributed by atoms with Crippen molar-refractivity contribution in [3.63, 3.8) is 0 Å². The highest BCUT2D eigenvalue weighted by Gasteiger charge is 1.96. The fourth-order valence-electron chi connectivity index (χ4n) is 0.821. The number of aromatic nitrogens is 1. The van der Waals surface area contributed by atoms with E-state index in [0.29, 0.717) is 5.92 Å². The molecule has 0 saturated carbocycles. The molecule has 0 bridgehead atoms. The molecule has 0 spiro atoms. The SMILES string of the molecule is CC.CCC.Cc1ccc(C(C)C)cn1. The molecule has 1 rings (SSSR count). The van der Waals surface area contributed by atoms with E-state index in [1.165, 1.54) is 12.0 Å². The van der Waals surface area contributed by atoms with Crippen molar-refractivity contribution in [2.24, 2.45) is 0 Å². The van der Waals surface area contributed by atoms with Gasteiger partial charge in [0.15, 0.2) is 0 Å². The largest absolute Gasteiger partial charge is 0.261 e. The normalized spacial score (nSPS) is 8.53. The standard InChI is InChI=1S/C9H13N.C3H8.C2H6/c1-7(2)9-5-4-8(3)10-6-9;1-3-2;1-2/h4-7H,1-3H3;3H2,1-2H3;1-2H3. The molecule has 0 aliphatic heterocycles. The number of pyridine rings is 1. The molecule has 1 aromatic heterocycles. The third-order valence-electron chi connectivity index (χ3n) is 1.60. The lowest BCUT2D eigenvalue weighted by atomic mass is 10.1. The van der Waals surface area contributed by atoms with Crippen LogP contribution in [0.25, 0.3) is 0 Å². The fourth-order valence-corrected chi connectivity index (χ4v) is 0.821. The van der Waals surface area contributed by atoms with E-state index in [1.807, 2.05) is 27.0 Å². The van der Waals surface area contributed by atoms with Crippen molar-refractivity contribution in [2.45, 2.75) is 60.8 Å². The molecule has 15 heavy (non-hydrogen) atoms. The Kier molecular flexibility index (Phi) is 12.4. The summed E-state index contributed by atoms with van der Waals surface area (Å²) in [7, 11) is 0. The van der Waals surface area contributed by atoms with Gasteiger partial charge in [-0.15, -0.1) is 0 Å². The third kappa shape index (κ3) is 9.45. The fraction of sp³-hybridized carbons (Fsp3) is 0.643. The second-order valence-corrected chi connectivity index (χ2v) is 3.59. The van der Waals surface area contributed by atoms with Crippen LogP contribution in [0.5, 0.6) is 0 Å². The summed E-state index contributed by atoms with van der Waals surface area (Å²) in [6, 6.07) is 4.18. The number of hydrogen-bond acceptors (Lipinski definition) is 1. The van der Waals surface area contributed by atoms with Crippen LogP contribution in [0, 0.1) is 6.92 Å². The summed E-state index contributed by atoms with van der Waals surface area (Å²) in [6.07, 6.45) is 3.19. The van der Waals surface area contributed by atoms with Gasteiger partial charge in [-0.1, -0.05) is 54.0 Å². The van der Waals surface area contributed by atoms with Gasteiger partial charge in [0, 0.05) is 11.9 Å². The highest BCUT2D eigenvalue weighted by molar-refractivity contribution is 5.15. The molecule has 0 aromatic carbocycles. The predicted octanol–water partition coefficient (Wildman–Crippen LogP) is 4.96. The Morgan fingerprint density at radius 2 is 1.60 bits per heavy atom. The summed E-state index contributed by atoms with van der Waals surface area (Å²) in [5, 5.41) is 0. The van der Waals surface area contributed by atoms with Crippen molar-refractivity contribution < 1.29 is 0 Å². The first-order chi connectivity index (χ1) is 7.11. The van der Waals surface area contributed by atoms with E-state index in [2.05, 4.69) is 44.8 Å². The zero-order chi connectivity index (χ0) is 12.3. The first kappa shape index (κ1) is 16.6. The van der Waals surface area contributed by atoms with Crippen LogP contribution in [0.4, 0.5) is 0 Å². The van der Waals surface area contributed by atoms with Crippen LogP contribution in [0.15, 0.2) is 18.3 Å². The Bertz CT molecular complexity index is 211. The predicted molar refractivity (Wildman–Crippen MR) is 70.4 cm³/mol. The van der Waals surface area contributed by atoms with Crippen molar-refractivity contribution in [2.75, 3.05) is 0 Å². The molecule has 0 radical (unpaired) electrons. The Hall–Kier alpha value is -0.850. The van der Waals surface area contributed by atoms with Gasteiger partial charge in [0.1, 0.15) is 0 Å². The van der Waals surface area contributed by atoms with Crippen LogP contribution in [0.2, 0.25) is 0 Å². The molecule has 0 N–H and O–H groups in total. The Morgan fingerprint density at radius 1 is 1.13 bits per heavy atom. The molecule has 0 fully saturated rings. The molecule has 0 aliphatic rings. The lowest BCUT2D eigenvalue weighted by Gasteiger charge is -2.02. The van der Waals surface area contributed by atoms with Gasteiger partial charge in [-0.2, -0.15) is 0 Å². The number of hydrogen-bond donors (Lipinski definition) is 0. The highest BCUT2D eigenvalue weighted by atomic mass is 14.7. The smallest absolute Gasteiger partial charge is 0.0372 e. The van der Waals surface area contributed by atoms with Crippen molar-refractivity contribution in [1.82, 2.24) is 4.98 Å². The second kappa shape index (κ2) is 11.2. The second-order valence-electron chi connectivity index (χ2n) is 3.59. The molecule has 1 aromatic rings. The Labute approximate surface area is 95.9 Å². The molecule has 1 nitrogen and oxygen atoms in total. The number of nitrogens with zero attached hydrogens (tertiary/aromatic N) is 1. The van der Waals surface area contributed by atoms with Crippen molar-refractivity contribution >= 4 is 0 Å². The maximum Gasteiger partial charge on any atom is 0.0372 e. The van der Waals surface area contributed by atoms with Gasteiger partial charge >= 0.3 is 0 Å². The van der Waals surface area contributed by atoms with Gasteiger partial charge in [-0.25, -0.2) is 0 Å². The van der Waals surface area contributed by atoms with Crippen LogP contribution in [-0.4, -0.2) is 4.98 Å². The lowest BCUT2D eigenvalue weighted by molar-refractivity contribution is 0.855. The Morgan fingerprint density at radius 3 is 1.87 bits per heavy atom. The summed E-state index contributed by atoms with van der Waals surface area (Å²) in [5.74, 6) is 0.591. The van der Waals surface area contributed by atoms with Crippen LogP contribution in [-0.2, 0) is 0 Å². The van der Waals surface area contributed by atoms with Crippen LogP contribution in [0.3, 0.4) is 0 Å². The molecule has 0 aliphatic carbocycles. The summed E-state index contributed by atoms with van der Waals surface area (Å²) >= 11 is 0. The quantitative estimate of drug-likeness (QED) is 0.637. The first-order valence-electron chi connectivity index (χ1n) is 6.04. The third-order valence-corrected chi connectivity index (χ3v) is 1.60. The highest BCUT2D eigenvalue weighted by Crippen LogP contribution is 2.11. The van der Waals surface area contributed by atoms with Gasteiger partial charge in [0.05, 0.1) is 0 Å². The van der Waals surface area contributed by atoms with E-state index >= 15 is 0 Å². The van der Waals surface area contributed by atoms with Gasteiger partial charge < -0.3 is 0 Å². The maximum atomic E-state index is 4.20. The van der Waals surface area contributed by atoms with Gasteiger partial charge in [0.2, 0.25) is 0 Å². The molecular weight excluding hydrogens is 182 g/mol. The van der Waals surface area contributed by atoms with E-state index in [1.54, 1.807) is 0 Å². The summed E-state index contributed by atoms with van der Waals surface area (Å²) in [4.78, 5) is 4.20. The van der Waals surface area contributed by atoms with Crippen LogP contribution >= 0.6 is 0 Å². The van der Waals surface area contributed by atoms with Gasteiger partial charge in [-0.3, -0.25) is 4.98 Å². The maximum absolute atomic E-state index is 4.20. The number of aryl methyl sites for hydroxylation is 1. The molecule has 0 atom stereocenters. The van der Waals surface area contributed by atoms with Crippen molar-refractivity contribution in [3.05, 3.63) is 29.6 Å². The molecule has 88 valence electrons. The van der Waals surface area contributed by atoms with Crippen LogP contribution in [0.1, 0.15) is 65.1 Å². The average Bonchev–Trinajstić information content (AvgIpc) is 2.22. The van der Waals surface area contributed by atoms with E-state index in [-0.39, 0.29) is 0 Å². The van der Waals surface area contributed by atoms with Crippen molar-refractivity contribution in [1.29, 1.82) is 0 Å². The monoisotopic (exact) mass is 209 g/mol. The average molecular weight is 209 g/mol. The summed E-state index contributed by atoms with van der Waals surface area (Å²) in [5.41, 5.74) is 2.40.